The summed E-state index contributed by atoms with van der Waals surface area (Å²) in [6.07, 6.45) is 1.87. The van der Waals surface area contributed by atoms with Crippen LogP contribution in [0.15, 0.2) is 182 Å². The van der Waals surface area contributed by atoms with E-state index in [2.05, 4.69) is 109 Å². The molecule has 242 valence electrons. The average molecular weight is 653 g/mol. The van der Waals surface area contributed by atoms with Crippen molar-refractivity contribution in [3.05, 3.63) is 215 Å². The summed E-state index contributed by atoms with van der Waals surface area (Å²) in [5, 5.41) is 0. The van der Waals surface area contributed by atoms with Crippen molar-refractivity contribution in [1.29, 1.82) is 0 Å². The number of hydrogen-bond acceptors (Lipinski definition) is 4. The molecule has 4 nitrogen and oxygen atoms in total. The summed E-state index contributed by atoms with van der Waals surface area (Å²) in [7, 11) is 0. The normalized spacial score (nSPS) is 14.8. The Hall–Kier alpha value is -4.49. The van der Waals surface area contributed by atoms with E-state index in [1.54, 1.807) is 6.26 Å². The fourth-order valence-corrected chi connectivity index (χ4v) is 6.43. The van der Waals surface area contributed by atoms with Gasteiger partial charge in [-0.2, -0.15) is 0 Å². The van der Waals surface area contributed by atoms with Crippen molar-refractivity contribution in [2.75, 3.05) is 25.4 Å². The van der Waals surface area contributed by atoms with Crippen LogP contribution >= 0.6 is 0 Å². The molecule has 7 rings (SSSR count). The van der Waals surface area contributed by atoms with Crippen molar-refractivity contribution in [3.8, 4) is 0 Å². The van der Waals surface area contributed by atoms with Gasteiger partial charge in [-0.05, 0) is 44.6 Å². The third-order valence-corrected chi connectivity index (χ3v) is 8.86. The van der Waals surface area contributed by atoms with Gasteiger partial charge in [0.15, 0.2) is 0 Å². The minimum absolute atomic E-state index is 0.165. The van der Waals surface area contributed by atoms with Crippen LogP contribution in [0, 0.1) is 0 Å². The topological polar surface area (TPSA) is 54.0 Å². The summed E-state index contributed by atoms with van der Waals surface area (Å²) in [5.74, 6) is 0.165. The molecular weight excluding hydrogens is 613 g/mol. The first-order valence-electron chi connectivity index (χ1n) is 16.2. The second kappa shape index (κ2) is 16.1. The van der Waals surface area contributed by atoms with Gasteiger partial charge < -0.3 is 18.8 Å². The molecule has 0 spiro atoms. The predicted molar refractivity (Wildman–Crippen MR) is 194 cm³/mol. The molecule has 1 aliphatic heterocycles. The van der Waals surface area contributed by atoms with E-state index >= 15 is 0 Å². The molecule has 0 radical (unpaired) electrons. The van der Waals surface area contributed by atoms with Crippen LogP contribution < -0.4 is 0 Å². The Morgan fingerprint density at radius 3 is 0.979 bits per heavy atom. The monoisotopic (exact) mass is 652 g/mol. The maximum Gasteiger partial charge on any atom is 0.207 e. The van der Waals surface area contributed by atoms with Crippen LogP contribution in [0.1, 0.15) is 33.4 Å². The Kier molecular flexibility index (Phi) is 11.2. The lowest BCUT2D eigenvalue weighted by Crippen LogP contribution is -2.34. The lowest BCUT2D eigenvalue weighted by molar-refractivity contribution is 0.00431. The lowest BCUT2D eigenvalue weighted by Gasteiger charge is -2.35. The van der Waals surface area contributed by atoms with Crippen molar-refractivity contribution in [2.24, 2.45) is 0 Å². The molecule has 1 aliphatic rings. The zero-order valence-electron chi connectivity index (χ0n) is 27.1. The van der Waals surface area contributed by atoms with Gasteiger partial charge in [0.1, 0.15) is 17.3 Å². The summed E-state index contributed by atoms with van der Waals surface area (Å²) in [5.41, 5.74) is 5.04. The molecule has 0 amide bonds. The minimum Gasteiger partial charge on any atom is -0.615 e. The van der Waals surface area contributed by atoms with E-state index in [1.807, 2.05) is 72.8 Å². The lowest BCUT2D eigenvalue weighted by atomic mass is 9.80. The Bertz CT molecular complexity index is 1460. The third kappa shape index (κ3) is 7.63. The van der Waals surface area contributed by atoms with Crippen LogP contribution in [0.2, 0.25) is 0 Å². The molecule has 0 N–H and O–H groups in total. The second-order valence-corrected chi connectivity index (χ2v) is 13.0. The Balaban J connectivity index is 0.000000167. The van der Waals surface area contributed by atoms with Gasteiger partial charge in [-0.15, -0.1) is 0 Å². The molecule has 1 fully saturated rings. The molecule has 2 atom stereocenters. The zero-order valence-corrected chi connectivity index (χ0v) is 27.9. The Morgan fingerprint density at radius 2 is 0.750 bits per heavy atom. The van der Waals surface area contributed by atoms with Crippen LogP contribution in [0.5, 0.6) is 0 Å². The highest BCUT2D eigenvalue weighted by atomic mass is 32.2. The molecule has 1 saturated heterocycles. The van der Waals surface area contributed by atoms with Gasteiger partial charge in [0.05, 0.1) is 19.5 Å². The van der Waals surface area contributed by atoms with E-state index in [9.17, 15) is 4.55 Å². The SMILES string of the molecule is C[S+]([O-])COC(c1ccccc1)(c1ccccc1)c1ccccc1.c1ccc(C(OCC2CO2)(c2ccccc2)c2ccccc2)cc1. The highest BCUT2D eigenvalue weighted by Gasteiger charge is 2.40. The molecule has 48 heavy (non-hydrogen) atoms. The number of epoxide rings is 1. The van der Waals surface area contributed by atoms with Gasteiger partial charge in [0.2, 0.25) is 5.94 Å². The molecule has 0 aromatic heterocycles. The van der Waals surface area contributed by atoms with E-state index in [1.165, 1.54) is 0 Å². The molecule has 1 heterocycles. The van der Waals surface area contributed by atoms with Crippen LogP contribution in [0.3, 0.4) is 0 Å². The van der Waals surface area contributed by atoms with Crippen molar-refractivity contribution in [1.82, 2.24) is 0 Å². The number of ether oxygens (including phenoxy) is 3. The van der Waals surface area contributed by atoms with Crippen LogP contribution in [0.4, 0.5) is 0 Å². The molecule has 6 aromatic rings. The fraction of sp³-hybridized carbons (Fsp3) is 0.163. The minimum atomic E-state index is -1.06. The molecule has 6 aromatic carbocycles. The average Bonchev–Trinajstić information content (AvgIpc) is 4.00. The van der Waals surface area contributed by atoms with Gasteiger partial charge >= 0.3 is 0 Å². The van der Waals surface area contributed by atoms with Gasteiger partial charge in [-0.25, -0.2) is 0 Å². The van der Waals surface area contributed by atoms with E-state index in [0.717, 1.165) is 40.0 Å². The van der Waals surface area contributed by atoms with Crippen molar-refractivity contribution in [3.63, 3.8) is 0 Å². The third-order valence-electron chi connectivity index (χ3n) is 8.41. The summed E-state index contributed by atoms with van der Waals surface area (Å²) in [4.78, 5) is 0. The van der Waals surface area contributed by atoms with Gasteiger partial charge in [-0.3, -0.25) is 0 Å². The first-order chi connectivity index (χ1) is 23.6. The van der Waals surface area contributed by atoms with Crippen LogP contribution in [-0.4, -0.2) is 36.1 Å². The van der Waals surface area contributed by atoms with E-state index in [-0.39, 0.29) is 12.0 Å². The summed E-state index contributed by atoms with van der Waals surface area (Å²) in [6.45, 7) is 1.37. The van der Waals surface area contributed by atoms with Gasteiger partial charge in [0.25, 0.3) is 0 Å². The Labute approximate surface area is 287 Å². The van der Waals surface area contributed by atoms with Crippen molar-refractivity contribution in [2.45, 2.75) is 17.3 Å². The molecule has 0 bridgehead atoms. The quantitative estimate of drug-likeness (QED) is 0.0754. The maximum atomic E-state index is 11.8. The standard InChI is InChI=1S/C22H20O2.C21H20O2S/c1-4-10-18(11-5-1)22(24-17-21-16-23-21,19-12-6-2-7-13-19)20-14-8-3-9-15-20;1-24(22)17-23-21(18-11-5-2-6-12-18,19-13-7-3-8-14-19)20-15-9-4-10-16-20/h1-15,21H,16-17H2;2-16H,17H2,1H3. The largest absolute Gasteiger partial charge is 0.615 e. The highest BCUT2D eigenvalue weighted by Crippen LogP contribution is 2.42. The van der Waals surface area contributed by atoms with Gasteiger partial charge in [0, 0.05) is 0 Å². The van der Waals surface area contributed by atoms with Crippen molar-refractivity contribution < 1.29 is 18.8 Å². The molecule has 2 unspecified atom stereocenters. The smallest absolute Gasteiger partial charge is 0.207 e. The number of benzene rings is 6. The maximum absolute atomic E-state index is 11.8. The van der Waals surface area contributed by atoms with E-state index in [4.69, 9.17) is 14.2 Å². The van der Waals surface area contributed by atoms with Gasteiger partial charge in [-0.1, -0.05) is 182 Å². The summed E-state index contributed by atoms with van der Waals surface area (Å²) >= 11 is -1.06. The van der Waals surface area contributed by atoms with Crippen LogP contribution in [-0.2, 0) is 36.6 Å². The predicted octanol–water partition coefficient (Wildman–Crippen LogP) is 8.73. The molecule has 5 heteroatoms. The molecule has 0 saturated carbocycles. The molecular formula is C43H40O4S. The van der Waals surface area contributed by atoms with E-state index in [0.29, 0.717) is 6.61 Å². The first kappa shape index (κ1) is 33.4. The zero-order chi connectivity index (χ0) is 33.1. The van der Waals surface area contributed by atoms with Crippen molar-refractivity contribution >= 4 is 11.2 Å². The Morgan fingerprint density at radius 1 is 0.500 bits per heavy atom. The summed E-state index contributed by atoms with van der Waals surface area (Å²) in [6, 6.07) is 61.6. The molecule has 0 aliphatic carbocycles. The number of hydrogen-bond donors (Lipinski definition) is 0. The second-order valence-electron chi connectivity index (χ2n) is 11.7. The number of rotatable bonds is 12. The summed E-state index contributed by atoms with van der Waals surface area (Å²) < 4.78 is 30.1. The highest BCUT2D eigenvalue weighted by molar-refractivity contribution is 7.90. The fourth-order valence-electron chi connectivity index (χ4n) is 6.09. The first-order valence-corrected chi connectivity index (χ1v) is 17.9. The van der Waals surface area contributed by atoms with E-state index < -0.39 is 22.4 Å². The van der Waals surface area contributed by atoms with Crippen LogP contribution in [0.25, 0.3) is 0 Å².